The van der Waals surface area contributed by atoms with Crippen molar-refractivity contribution in [2.45, 2.75) is 20.1 Å². The normalized spacial score (nSPS) is 14.6. The third kappa shape index (κ3) is 6.77. The van der Waals surface area contributed by atoms with E-state index in [-0.39, 0.29) is 31.2 Å². The first-order chi connectivity index (χ1) is 19.4. The molecule has 0 spiro atoms. The van der Waals surface area contributed by atoms with Gasteiger partial charge in [0.05, 0.1) is 5.69 Å². The molecule has 3 heterocycles. The largest absolute Gasteiger partial charge is 0.305 e. The molecule has 0 aliphatic heterocycles. The Bertz CT molecular complexity index is 1570. The number of pyridine rings is 3. The van der Waals surface area contributed by atoms with Crippen molar-refractivity contribution in [3.05, 3.63) is 127 Å². The molecule has 3 aromatic heterocycles. The van der Waals surface area contributed by atoms with Gasteiger partial charge in [0.15, 0.2) is 0 Å². The second-order valence-electron chi connectivity index (χ2n) is 6.97. The topological polar surface area (TPSA) is 38.7 Å². The number of hydrogen-bond acceptors (Lipinski definition) is 3. The third-order valence-corrected chi connectivity index (χ3v) is 4.69. The first-order valence-electron chi connectivity index (χ1n) is 14.2. The van der Waals surface area contributed by atoms with Crippen LogP contribution in [0.4, 0.5) is 0 Å². The van der Waals surface area contributed by atoms with Crippen LogP contribution in [0.25, 0.3) is 33.8 Å². The maximum Gasteiger partial charge on any atom is 0.0518 e. The summed E-state index contributed by atoms with van der Waals surface area (Å²) in [5, 5.41) is 0. The Morgan fingerprint density at radius 2 is 1.65 bits per heavy atom. The van der Waals surface area contributed by atoms with Crippen molar-refractivity contribution in [3.63, 3.8) is 0 Å². The van der Waals surface area contributed by atoms with Crippen LogP contribution in [-0.4, -0.2) is 15.0 Å². The van der Waals surface area contributed by atoms with Gasteiger partial charge < -0.3 is 9.97 Å². The molecule has 0 N–H and O–H groups in total. The second-order valence-corrected chi connectivity index (χ2v) is 6.97. The maximum absolute atomic E-state index is 7.91. The number of rotatable bonds is 4. The fraction of sp³-hybridized carbons (Fsp3) is 0.100. The Hall–Kier alpha value is -3.46. The van der Waals surface area contributed by atoms with E-state index in [4.69, 9.17) is 11.0 Å². The van der Waals surface area contributed by atoms with Crippen molar-refractivity contribution >= 4 is 0 Å². The summed E-state index contributed by atoms with van der Waals surface area (Å²) in [4.78, 5) is 12.7. The van der Waals surface area contributed by atoms with Gasteiger partial charge in [0.2, 0.25) is 0 Å². The van der Waals surface area contributed by atoms with Gasteiger partial charge in [-0.15, -0.1) is 65.7 Å². The summed E-state index contributed by atoms with van der Waals surface area (Å²) in [6.07, 6.45) is 2.05. The van der Waals surface area contributed by atoms with Crippen molar-refractivity contribution in [3.8, 4) is 33.8 Å². The van der Waals surface area contributed by atoms with Crippen LogP contribution >= 0.6 is 0 Å². The molecule has 0 unspecified atom stereocenters. The Morgan fingerprint density at radius 1 is 0.765 bits per heavy atom. The molecule has 0 fully saturated rings. The molecular weight excluding hydrogens is 595 g/mol. The van der Waals surface area contributed by atoms with Gasteiger partial charge in [-0.25, -0.2) is 0 Å². The molecule has 0 aliphatic carbocycles. The average molecular weight is 628 g/mol. The smallest absolute Gasteiger partial charge is 0.0518 e. The van der Waals surface area contributed by atoms with Crippen LogP contribution in [0.5, 0.6) is 0 Å². The predicted octanol–water partition coefficient (Wildman–Crippen LogP) is 7.03. The molecule has 5 rings (SSSR count). The average Bonchev–Trinajstić information content (AvgIpc) is 2.98. The summed E-state index contributed by atoms with van der Waals surface area (Å²) in [5.74, 6) is 0. The first-order valence-corrected chi connectivity index (χ1v) is 10.2. The zero-order chi connectivity index (χ0) is 29.7. The van der Waals surface area contributed by atoms with Crippen LogP contribution in [0.3, 0.4) is 0 Å². The quantitative estimate of drug-likeness (QED) is 0.201. The summed E-state index contributed by atoms with van der Waals surface area (Å²) in [6, 6.07) is 30.8. The molecule has 171 valence electrons. The zero-order valence-electron chi connectivity index (χ0n) is 26.0. The van der Waals surface area contributed by atoms with Crippen LogP contribution < -0.4 is 0 Å². The van der Waals surface area contributed by atoms with Gasteiger partial charge in [0, 0.05) is 49.7 Å². The monoisotopic (exact) mass is 628 g/mol. The molecule has 4 heteroatoms. The summed E-state index contributed by atoms with van der Waals surface area (Å²) in [6.45, 7) is -4.85. The molecule has 0 amide bonds. The molecule has 1 radical (unpaired) electrons. The minimum Gasteiger partial charge on any atom is -0.305 e. The van der Waals surface area contributed by atoms with Crippen molar-refractivity contribution in [1.29, 1.82) is 0 Å². The van der Waals surface area contributed by atoms with E-state index < -0.39 is 20.1 Å². The molecule has 5 aromatic rings. The number of nitrogens with zero attached hydrogens (tertiary/aromatic N) is 3. The van der Waals surface area contributed by atoms with E-state index in [0.717, 1.165) is 22.5 Å². The Morgan fingerprint density at radius 3 is 2.38 bits per heavy atom. The van der Waals surface area contributed by atoms with Crippen molar-refractivity contribution in [2.75, 3.05) is 0 Å². The minimum atomic E-state index is -2.76. The molecule has 0 saturated heterocycles. The predicted molar refractivity (Wildman–Crippen MR) is 134 cm³/mol. The van der Waals surface area contributed by atoms with Gasteiger partial charge >= 0.3 is 0 Å². The van der Waals surface area contributed by atoms with Crippen molar-refractivity contribution in [2.24, 2.45) is 0 Å². The molecule has 34 heavy (non-hydrogen) atoms. The van der Waals surface area contributed by atoms with E-state index in [1.165, 1.54) is 24.5 Å². The SMILES string of the molecule is [2H]C([2H])([2H])C([2H])([2H])c1ccnc(-c2[c-]ccc(-c3ccccn3)c2)c1.[2H]C([2H])([2H])c1ccc(-c2[c-]cccc2)nc1.[Ir]. The van der Waals surface area contributed by atoms with Gasteiger partial charge in [-0.3, -0.25) is 4.98 Å². The van der Waals surface area contributed by atoms with Gasteiger partial charge in [-0.05, 0) is 48.4 Å². The van der Waals surface area contributed by atoms with Gasteiger partial charge in [-0.2, -0.15) is 0 Å². The number of aryl methyl sites for hydroxylation is 2. The Balaban J connectivity index is 0.000000247. The second kappa shape index (κ2) is 12.7. The van der Waals surface area contributed by atoms with E-state index in [9.17, 15) is 0 Å². The van der Waals surface area contributed by atoms with E-state index in [2.05, 4.69) is 27.1 Å². The molecule has 0 aliphatic rings. The summed E-state index contributed by atoms with van der Waals surface area (Å²) < 4.78 is 59.8. The fourth-order valence-corrected chi connectivity index (χ4v) is 3.07. The molecule has 0 atom stereocenters. The molecule has 3 nitrogen and oxygen atoms in total. The van der Waals surface area contributed by atoms with Crippen LogP contribution in [0, 0.1) is 19.0 Å². The number of aromatic nitrogens is 3. The van der Waals surface area contributed by atoms with E-state index in [0.29, 0.717) is 11.3 Å². The number of benzene rings is 2. The maximum atomic E-state index is 7.91. The van der Waals surface area contributed by atoms with Crippen LogP contribution in [-0.2, 0) is 26.5 Å². The molecule has 0 bridgehead atoms. The fourth-order valence-electron chi connectivity index (χ4n) is 3.07. The Kier molecular flexibility index (Phi) is 6.05. The van der Waals surface area contributed by atoms with Crippen molar-refractivity contribution < 1.29 is 31.1 Å². The van der Waals surface area contributed by atoms with Gasteiger partial charge in [0.25, 0.3) is 0 Å². The van der Waals surface area contributed by atoms with E-state index >= 15 is 0 Å². The summed E-state index contributed by atoms with van der Waals surface area (Å²) in [5.41, 5.74) is 4.69. The Labute approximate surface area is 226 Å². The van der Waals surface area contributed by atoms with E-state index in [1.54, 1.807) is 30.5 Å². The minimum absolute atomic E-state index is 0. The van der Waals surface area contributed by atoms with E-state index in [1.807, 2.05) is 48.5 Å². The standard InChI is InChI=1S/C18H15N2.C12H10N.Ir/c1-2-14-9-11-20-18(12-14)16-7-5-6-15(13-16)17-8-3-4-10-19-17;1-10-7-8-12(13-9-10)11-5-3-2-4-6-11;/h3-6,8-13H,2H2,1H3;2-5,7-9H,1H3;/q2*-1;/i1D3,2D2;1D3;. The molecule has 0 saturated carbocycles. The van der Waals surface area contributed by atoms with Gasteiger partial charge in [-0.1, -0.05) is 42.2 Å². The summed E-state index contributed by atoms with van der Waals surface area (Å²) >= 11 is 0. The van der Waals surface area contributed by atoms with Crippen LogP contribution in [0.1, 0.15) is 28.9 Å². The molecule has 2 aromatic carbocycles. The zero-order valence-corrected chi connectivity index (χ0v) is 20.4. The van der Waals surface area contributed by atoms with Crippen LogP contribution in [0.15, 0.2) is 104 Å². The van der Waals surface area contributed by atoms with Crippen LogP contribution in [0.2, 0.25) is 0 Å². The third-order valence-electron chi connectivity index (χ3n) is 4.69. The first kappa shape index (κ1) is 16.2. The number of hydrogen-bond donors (Lipinski definition) is 0. The van der Waals surface area contributed by atoms with Crippen molar-refractivity contribution in [1.82, 2.24) is 15.0 Å². The molecular formula is C30H25IrN3-2. The van der Waals surface area contributed by atoms with Gasteiger partial charge in [0.1, 0.15) is 0 Å². The summed E-state index contributed by atoms with van der Waals surface area (Å²) in [7, 11) is 0.